The predicted molar refractivity (Wildman–Crippen MR) is 102 cm³/mol. The van der Waals surface area contributed by atoms with E-state index in [0.717, 1.165) is 0 Å². The summed E-state index contributed by atoms with van der Waals surface area (Å²) in [4.78, 5) is 0. The number of halogens is 1. The van der Waals surface area contributed by atoms with E-state index in [-0.39, 0.29) is 4.32 Å². The molecular weight excluding hydrogens is 344 g/mol. The second-order valence-electron chi connectivity index (χ2n) is 6.26. The highest BCUT2D eigenvalue weighted by Crippen LogP contribution is 2.44. The average Bonchev–Trinajstić information content (AvgIpc) is 2.56. The fourth-order valence-electron chi connectivity index (χ4n) is 2.85. The standard InChI is InChI=1S/C22H21Br/c1-16-4-10-19(11-5-16)22(23,20-12-6-17(2)7-13-20)21-14-8-18(3)9-15-21/h4-15H,1-3H3. The van der Waals surface area contributed by atoms with Crippen molar-refractivity contribution in [3.05, 3.63) is 106 Å². The number of hydrogen-bond donors (Lipinski definition) is 0. The Morgan fingerprint density at radius 2 is 0.696 bits per heavy atom. The van der Waals surface area contributed by atoms with Crippen LogP contribution in [-0.4, -0.2) is 0 Å². The smallest absolute Gasteiger partial charge is 0.0696 e. The zero-order chi connectivity index (χ0) is 16.4. The zero-order valence-corrected chi connectivity index (χ0v) is 15.4. The van der Waals surface area contributed by atoms with Gasteiger partial charge < -0.3 is 0 Å². The fraction of sp³-hybridized carbons (Fsp3) is 0.182. The van der Waals surface area contributed by atoms with Gasteiger partial charge in [-0.25, -0.2) is 0 Å². The second-order valence-corrected chi connectivity index (χ2v) is 7.45. The Hall–Kier alpha value is -1.86. The van der Waals surface area contributed by atoms with Gasteiger partial charge in [0, 0.05) is 0 Å². The van der Waals surface area contributed by atoms with Gasteiger partial charge in [0.25, 0.3) is 0 Å². The minimum absolute atomic E-state index is 0.331. The maximum Gasteiger partial charge on any atom is 0.100 e. The molecule has 0 saturated heterocycles. The molecule has 0 aromatic heterocycles. The maximum atomic E-state index is 4.08. The van der Waals surface area contributed by atoms with E-state index in [0.29, 0.717) is 0 Å². The Morgan fingerprint density at radius 3 is 0.913 bits per heavy atom. The lowest BCUT2D eigenvalue weighted by Gasteiger charge is -2.30. The van der Waals surface area contributed by atoms with Crippen LogP contribution in [0.5, 0.6) is 0 Å². The molecule has 0 unspecified atom stereocenters. The summed E-state index contributed by atoms with van der Waals surface area (Å²) in [5, 5.41) is 0. The molecule has 1 heteroatoms. The molecule has 0 radical (unpaired) electrons. The number of rotatable bonds is 3. The highest BCUT2D eigenvalue weighted by atomic mass is 79.9. The lowest BCUT2D eigenvalue weighted by atomic mass is 9.84. The van der Waals surface area contributed by atoms with Crippen LogP contribution in [0.2, 0.25) is 0 Å². The van der Waals surface area contributed by atoms with E-state index < -0.39 is 0 Å². The van der Waals surface area contributed by atoms with E-state index in [2.05, 4.69) is 109 Å². The summed E-state index contributed by atoms with van der Waals surface area (Å²) < 4.78 is -0.331. The first-order valence-electron chi connectivity index (χ1n) is 7.90. The molecule has 0 aliphatic heterocycles. The van der Waals surface area contributed by atoms with Gasteiger partial charge in [-0.05, 0) is 37.5 Å². The third-order valence-corrected chi connectivity index (χ3v) is 5.72. The van der Waals surface area contributed by atoms with Crippen molar-refractivity contribution in [1.82, 2.24) is 0 Å². The molecule has 3 rings (SSSR count). The molecule has 0 saturated carbocycles. The fourth-order valence-corrected chi connectivity index (χ4v) is 3.64. The lowest BCUT2D eigenvalue weighted by Crippen LogP contribution is -2.21. The Labute approximate surface area is 147 Å². The summed E-state index contributed by atoms with van der Waals surface area (Å²) in [6, 6.07) is 26.3. The summed E-state index contributed by atoms with van der Waals surface area (Å²) in [6.07, 6.45) is 0. The first-order valence-corrected chi connectivity index (χ1v) is 8.70. The molecule has 0 fully saturated rings. The summed E-state index contributed by atoms with van der Waals surface area (Å²) in [7, 11) is 0. The van der Waals surface area contributed by atoms with E-state index in [1.54, 1.807) is 0 Å². The minimum Gasteiger partial charge on any atom is -0.0696 e. The predicted octanol–water partition coefficient (Wildman–Crippen LogP) is 6.30. The first-order chi connectivity index (χ1) is 11.0. The van der Waals surface area contributed by atoms with Crippen LogP contribution in [0.3, 0.4) is 0 Å². The topological polar surface area (TPSA) is 0 Å². The van der Waals surface area contributed by atoms with Gasteiger partial charge in [0.15, 0.2) is 0 Å². The highest BCUT2D eigenvalue weighted by molar-refractivity contribution is 9.10. The van der Waals surface area contributed by atoms with Gasteiger partial charge in [0.2, 0.25) is 0 Å². The van der Waals surface area contributed by atoms with E-state index >= 15 is 0 Å². The van der Waals surface area contributed by atoms with Gasteiger partial charge in [-0.15, -0.1) is 0 Å². The molecule has 0 heterocycles. The lowest BCUT2D eigenvalue weighted by molar-refractivity contribution is 0.913. The number of alkyl halides is 1. The molecule has 0 aliphatic rings. The van der Waals surface area contributed by atoms with E-state index in [1.807, 2.05) is 0 Å². The van der Waals surface area contributed by atoms with E-state index in [4.69, 9.17) is 0 Å². The third kappa shape index (κ3) is 3.11. The number of aryl methyl sites for hydroxylation is 3. The summed E-state index contributed by atoms with van der Waals surface area (Å²) in [6.45, 7) is 6.37. The molecular formula is C22H21Br. The molecule has 0 amide bonds. The SMILES string of the molecule is Cc1ccc(C(Br)(c2ccc(C)cc2)c2ccc(C)cc2)cc1. The van der Waals surface area contributed by atoms with Crippen molar-refractivity contribution >= 4 is 15.9 Å². The number of hydrogen-bond acceptors (Lipinski definition) is 0. The molecule has 0 nitrogen and oxygen atoms in total. The Morgan fingerprint density at radius 1 is 0.478 bits per heavy atom. The van der Waals surface area contributed by atoms with Crippen LogP contribution in [-0.2, 0) is 4.32 Å². The zero-order valence-electron chi connectivity index (χ0n) is 13.8. The van der Waals surface area contributed by atoms with Crippen LogP contribution in [0.1, 0.15) is 33.4 Å². The monoisotopic (exact) mass is 364 g/mol. The maximum absolute atomic E-state index is 4.08. The van der Waals surface area contributed by atoms with Gasteiger partial charge in [-0.2, -0.15) is 0 Å². The quantitative estimate of drug-likeness (QED) is 0.377. The van der Waals surface area contributed by atoms with Crippen LogP contribution < -0.4 is 0 Å². The van der Waals surface area contributed by atoms with Crippen molar-refractivity contribution in [1.29, 1.82) is 0 Å². The van der Waals surface area contributed by atoms with Gasteiger partial charge in [0.1, 0.15) is 4.32 Å². The van der Waals surface area contributed by atoms with Gasteiger partial charge >= 0.3 is 0 Å². The van der Waals surface area contributed by atoms with Gasteiger partial charge in [0.05, 0.1) is 0 Å². The van der Waals surface area contributed by atoms with Crippen molar-refractivity contribution in [2.45, 2.75) is 25.1 Å². The van der Waals surface area contributed by atoms with Crippen molar-refractivity contribution < 1.29 is 0 Å². The molecule has 0 aliphatic carbocycles. The van der Waals surface area contributed by atoms with Crippen LogP contribution in [0.25, 0.3) is 0 Å². The normalized spacial score (nSPS) is 11.5. The summed E-state index contributed by atoms with van der Waals surface area (Å²) >= 11 is 4.08. The molecule has 3 aromatic rings. The number of benzene rings is 3. The largest absolute Gasteiger partial charge is 0.100 e. The third-order valence-electron chi connectivity index (χ3n) is 4.35. The van der Waals surface area contributed by atoms with Crippen LogP contribution in [0, 0.1) is 20.8 Å². The van der Waals surface area contributed by atoms with Crippen molar-refractivity contribution in [2.75, 3.05) is 0 Å². The summed E-state index contributed by atoms with van der Waals surface area (Å²) in [5.74, 6) is 0. The highest BCUT2D eigenvalue weighted by Gasteiger charge is 2.33. The Balaban J connectivity index is 2.21. The van der Waals surface area contributed by atoms with Gasteiger partial charge in [-0.1, -0.05) is 105 Å². The molecule has 0 atom stereocenters. The molecule has 0 spiro atoms. The van der Waals surface area contributed by atoms with Crippen LogP contribution in [0.15, 0.2) is 72.8 Å². The minimum atomic E-state index is -0.331. The molecule has 23 heavy (non-hydrogen) atoms. The van der Waals surface area contributed by atoms with Crippen molar-refractivity contribution in [2.24, 2.45) is 0 Å². The summed E-state index contributed by atoms with van der Waals surface area (Å²) in [5.41, 5.74) is 7.56. The van der Waals surface area contributed by atoms with E-state index in [1.165, 1.54) is 33.4 Å². The van der Waals surface area contributed by atoms with Gasteiger partial charge in [-0.3, -0.25) is 0 Å². The molecule has 116 valence electrons. The average molecular weight is 365 g/mol. The van der Waals surface area contributed by atoms with Crippen molar-refractivity contribution in [3.8, 4) is 0 Å². The Bertz CT molecular complexity index is 670. The van der Waals surface area contributed by atoms with Crippen LogP contribution in [0.4, 0.5) is 0 Å². The Kier molecular flexibility index (Phi) is 4.41. The van der Waals surface area contributed by atoms with E-state index in [9.17, 15) is 0 Å². The van der Waals surface area contributed by atoms with Crippen molar-refractivity contribution in [3.63, 3.8) is 0 Å². The molecule has 0 N–H and O–H groups in total. The first kappa shape index (κ1) is 16.0. The molecule has 0 bridgehead atoms. The van der Waals surface area contributed by atoms with Crippen LogP contribution >= 0.6 is 15.9 Å². The second kappa shape index (κ2) is 6.33. The molecule has 3 aromatic carbocycles.